The Bertz CT molecular complexity index is 656. The number of hydrogen-bond donors (Lipinski definition) is 1. The van der Waals surface area contributed by atoms with E-state index in [1.165, 1.54) is 0 Å². The molecule has 0 bridgehead atoms. The summed E-state index contributed by atoms with van der Waals surface area (Å²) in [7, 11) is 0. The summed E-state index contributed by atoms with van der Waals surface area (Å²) in [5, 5.41) is 7.98. The van der Waals surface area contributed by atoms with Gasteiger partial charge in [-0.15, -0.1) is 5.10 Å². The third kappa shape index (κ3) is 1.99. The highest BCUT2D eigenvalue weighted by Crippen LogP contribution is 2.37. The third-order valence-corrected chi connectivity index (χ3v) is 3.73. The fourth-order valence-electron chi connectivity index (χ4n) is 2.41. The van der Waals surface area contributed by atoms with Crippen LogP contribution in [0.5, 0.6) is 0 Å². The molecular weight excluding hydrogens is 256 g/mol. The SMILES string of the molecule is NC(=O)c1ccc(-n2nnc(C=O)c2C2CCC2)cc1. The molecule has 6 nitrogen and oxygen atoms in total. The molecule has 1 aromatic carbocycles. The predicted molar refractivity (Wildman–Crippen MR) is 71.9 cm³/mol. The number of primary amides is 1. The summed E-state index contributed by atoms with van der Waals surface area (Å²) in [5.74, 6) is -0.135. The number of nitrogens with zero attached hydrogens (tertiary/aromatic N) is 3. The molecule has 0 radical (unpaired) electrons. The van der Waals surface area contributed by atoms with E-state index in [0.717, 1.165) is 36.9 Å². The topological polar surface area (TPSA) is 90.9 Å². The molecule has 102 valence electrons. The maximum atomic E-state index is 11.1. The van der Waals surface area contributed by atoms with E-state index in [-0.39, 0.29) is 0 Å². The Kier molecular flexibility index (Phi) is 3.06. The lowest BCUT2D eigenvalue weighted by Gasteiger charge is -2.26. The molecule has 1 aromatic heterocycles. The van der Waals surface area contributed by atoms with Crippen molar-refractivity contribution in [3.8, 4) is 5.69 Å². The summed E-state index contributed by atoms with van der Waals surface area (Å²) in [5.41, 5.74) is 7.69. The average molecular weight is 270 g/mol. The summed E-state index contributed by atoms with van der Waals surface area (Å²) in [6.45, 7) is 0. The highest BCUT2D eigenvalue weighted by Gasteiger charge is 2.28. The smallest absolute Gasteiger partial charge is 0.248 e. The zero-order valence-corrected chi connectivity index (χ0v) is 10.8. The van der Waals surface area contributed by atoms with Crippen molar-refractivity contribution >= 4 is 12.2 Å². The molecule has 2 aromatic rings. The second-order valence-corrected chi connectivity index (χ2v) is 4.93. The number of nitrogens with two attached hydrogens (primary N) is 1. The Morgan fingerprint density at radius 2 is 2.00 bits per heavy atom. The summed E-state index contributed by atoms with van der Waals surface area (Å²) in [6.07, 6.45) is 4.00. The number of carbonyl (C=O) groups is 2. The van der Waals surface area contributed by atoms with Gasteiger partial charge in [-0.2, -0.15) is 0 Å². The Hall–Kier alpha value is -2.50. The standard InChI is InChI=1S/C14H14N4O2/c15-14(20)10-4-6-11(7-5-10)18-13(9-2-1-3-9)12(8-19)16-17-18/h4-9H,1-3H2,(H2,15,20). The Morgan fingerprint density at radius 3 is 2.50 bits per heavy atom. The zero-order chi connectivity index (χ0) is 14.1. The van der Waals surface area contributed by atoms with E-state index < -0.39 is 5.91 Å². The second-order valence-electron chi connectivity index (χ2n) is 4.93. The van der Waals surface area contributed by atoms with Crippen molar-refractivity contribution in [2.45, 2.75) is 25.2 Å². The van der Waals surface area contributed by atoms with Gasteiger partial charge in [0.05, 0.1) is 11.4 Å². The van der Waals surface area contributed by atoms with E-state index in [4.69, 9.17) is 5.73 Å². The van der Waals surface area contributed by atoms with Gasteiger partial charge in [0.25, 0.3) is 0 Å². The number of aromatic nitrogens is 3. The molecule has 20 heavy (non-hydrogen) atoms. The molecule has 2 N–H and O–H groups in total. The first kappa shape index (κ1) is 12.5. The first-order valence-electron chi connectivity index (χ1n) is 6.51. The molecule has 1 amide bonds. The van der Waals surface area contributed by atoms with E-state index in [1.807, 2.05) is 0 Å². The van der Waals surface area contributed by atoms with Gasteiger partial charge in [0.1, 0.15) is 5.69 Å². The van der Waals surface area contributed by atoms with Crippen LogP contribution in [0.15, 0.2) is 24.3 Å². The maximum Gasteiger partial charge on any atom is 0.248 e. The van der Waals surface area contributed by atoms with Crippen molar-refractivity contribution in [2.24, 2.45) is 5.73 Å². The van der Waals surface area contributed by atoms with Crippen LogP contribution in [0.25, 0.3) is 5.69 Å². The minimum absolute atomic E-state index is 0.334. The zero-order valence-electron chi connectivity index (χ0n) is 10.8. The van der Waals surface area contributed by atoms with Crippen molar-refractivity contribution in [3.63, 3.8) is 0 Å². The molecule has 0 unspecified atom stereocenters. The monoisotopic (exact) mass is 270 g/mol. The van der Waals surface area contributed by atoms with E-state index in [1.54, 1.807) is 28.9 Å². The molecule has 1 aliphatic rings. The van der Waals surface area contributed by atoms with Crippen LogP contribution >= 0.6 is 0 Å². The lowest BCUT2D eigenvalue weighted by molar-refractivity contribution is 0.1000. The van der Waals surface area contributed by atoms with Crippen LogP contribution in [-0.4, -0.2) is 27.2 Å². The lowest BCUT2D eigenvalue weighted by Crippen LogP contribution is -2.16. The van der Waals surface area contributed by atoms with Crippen LogP contribution in [-0.2, 0) is 0 Å². The van der Waals surface area contributed by atoms with Gasteiger partial charge in [-0.05, 0) is 37.1 Å². The molecular formula is C14H14N4O2. The molecule has 1 heterocycles. The fraction of sp³-hybridized carbons (Fsp3) is 0.286. The predicted octanol–water partition coefficient (Wildman–Crippen LogP) is 1.45. The molecule has 0 spiro atoms. The highest BCUT2D eigenvalue weighted by atomic mass is 16.1. The van der Waals surface area contributed by atoms with Crippen LogP contribution in [0.2, 0.25) is 0 Å². The highest BCUT2D eigenvalue weighted by molar-refractivity contribution is 5.92. The van der Waals surface area contributed by atoms with E-state index in [2.05, 4.69) is 10.3 Å². The van der Waals surface area contributed by atoms with Gasteiger partial charge in [0, 0.05) is 11.5 Å². The molecule has 3 rings (SSSR count). The Balaban J connectivity index is 2.03. The molecule has 0 atom stereocenters. The quantitative estimate of drug-likeness (QED) is 0.851. The van der Waals surface area contributed by atoms with Crippen molar-refractivity contribution in [1.29, 1.82) is 0 Å². The van der Waals surface area contributed by atoms with Crippen LogP contribution < -0.4 is 5.73 Å². The number of rotatable bonds is 4. The summed E-state index contributed by atoms with van der Waals surface area (Å²) >= 11 is 0. The maximum absolute atomic E-state index is 11.1. The van der Waals surface area contributed by atoms with Gasteiger partial charge >= 0.3 is 0 Å². The molecule has 6 heteroatoms. The molecule has 0 aliphatic heterocycles. The van der Waals surface area contributed by atoms with Crippen LogP contribution in [0.1, 0.15) is 51.7 Å². The fourth-order valence-corrected chi connectivity index (χ4v) is 2.41. The number of carbonyl (C=O) groups excluding carboxylic acids is 2. The minimum atomic E-state index is -0.470. The summed E-state index contributed by atoms with van der Waals surface area (Å²) in [4.78, 5) is 22.2. The second kappa shape index (κ2) is 4.88. The van der Waals surface area contributed by atoms with Gasteiger partial charge in [-0.25, -0.2) is 4.68 Å². The molecule has 1 saturated carbocycles. The van der Waals surface area contributed by atoms with Crippen molar-refractivity contribution in [3.05, 3.63) is 41.2 Å². The summed E-state index contributed by atoms with van der Waals surface area (Å²) in [6, 6.07) is 6.80. The number of hydrogen-bond acceptors (Lipinski definition) is 4. The largest absolute Gasteiger partial charge is 0.366 e. The van der Waals surface area contributed by atoms with Gasteiger partial charge < -0.3 is 5.73 Å². The van der Waals surface area contributed by atoms with Gasteiger partial charge in [0.15, 0.2) is 6.29 Å². The minimum Gasteiger partial charge on any atom is -0.366 e. The van der Waals surface area contributed by atoms with Gasteiger partial charge in [-0.1, -0.05) is 11.6 Å². The van der Waals surface area contributed by atoms with Crippen molar-refractivity contribution < 1.29 is 9.59 Å². The van der Waals surface area contributed by atoms with Gasteiger partial charge in [0.2, 0.25) is 5.91 Å². The van der Waals surface area contributed by atoms with Gasteiger partial charge in [-0.3, -0.25) is 9.59 Å². The van der Waals surface area contributed by atoms with E-state index >= 15 is 0 Å². The van der Waals surface area contributed by atoms with E-state index in [0.29, 0.717) is 17.2 Å². The first-order chi connectivity index (χ1) is 9.70. The average Bonchev–Trinajstić information content (AvgIpc) is 2.80. The first-order valence-corrected chi connectivity index (χ1v) is 6.51. The molecule has 0 saturated heterocycles. The van der Waals surface area contributed by atoms with Crippen LogP contribution in [0, 0.1) is 0 Å². The van der Waals surface area contributed by atoms with E-state index in [9.17, 15) is 9.59 Å². The number of aldehydes is 1. The van der Waals surface area contributed by atoms with Crippen molar-refractivity contribution in [1.82, 2.24) is 15.0 Å². The molecule has 1 aliphatic carbocycles. The lowest BCUT2D eigenvalue weighted by atomic mass is 9.82. The van der Waals surface area contributed by atoms with Crippen LogP contribution in [0.3, 0.4) is 0 Å². The molecule has 1 fully saturated rings. The Morgan fingerprint density at radius 1 is 1.30 bits per heavy atom. The third-order valence-electron chi connectivity index (χ3n) is 3.73. The summed E-state index contributed by atoms with van der Waals surface area (Å²) < 4.78 is 1.68. The normalized spacial score (nSPS) is 14.8. The van der Waals surface area contributed by atoms with Crippen molar-refractivity contribution in [2.75, 3.05) is 0 Å². The Labute approximate surface area is 115 Å². The number of amides is 1. The number of benzene rings is 1. The van der Waals surface area contributed by atoms with Crippen LogP contribution in [0.4, 0.5) is 0 Å².